The van der Waals surface area contributed by atoms with Crippen LogP contribution >= 0.6 is 0 Å². The molecular weight excluding hydrogens is 306 g/mol. The fourth-order valence-corrected chi connectivity index (χ4v) is 2.89. The van der Waals surface area contributed by atoms with E-state index in [-0.39, 0.29) is 23.4 Å². The summed E-state index contributed by atoms with van der Waals surface area (Å²) in [7, 11) is -3.62. The molecule has 118 valence electrons. The van der Waals surface area contributed by atoms with E-state index in [1.165, 1.54) is 43.8 Å². The first kappa shape index (κ1) is 16.1. The molecule has 1 aromatic heterocycles. The predicted octanol–water partition coefficient (Wildman–Crippen LogP) is 0.776. The van der Waals surface area contributed by atoms with Gasteiger partial charge in [0.05, 0.1) is 10.9 Å². The number of benzene rings is 1. The van der Waals surface area contributed by atoms with E-state index >= 15 is 0 Å². The van der Waals surface area contributed by atoms with E-state index in [4.69, 9.17) is 0 Å². The Labute approximate surface area is 128 Å². The van der Waals surface area contributed by atoms with Gasteiger partial charge in [0.1, 0.15) is 12.7 Å². The van der Waals surface area contributed by atoms with Gasteiger partial charge < -0.3 is 5.32 Å². The second kappa shape index (κ2) is 6.67. The van der Waals surface area contributed by atoms with Crippen LogP contribution in [0.4, 0.5) is 5.69 Å². The molecule has 0 radical (unpaired) electrons. The van der Waals surface area contributed by atoms with Gasteiger partial charge in [0, 0.05) is 19.2 Å². The van der Waals surface area contributed by atoms with Crippen molar-refractivity contribution in [3.8, 4) is 0 Å². The van der Waals surface area contributed by atoms with Gasteiger partial charge in [-0.1, -0.05) is 0 Å². The van der Waals surface area contributed by atoms with Crippen molar-refractivity contribution in [2.24, 2.45) is 0 Å². The van der Waals surface area contributed by atoms with Crippen molar-refractivity contribution in [1.82, 2.24) is 19.5 Å². The summed E-state index contributed by atoms with van der Waals surface area (Å²) in [6.07, 6.45) is 2.92. The molecule has 0 aliphatic carbocycles. The van der Waals surface area contributed by atoms with Gasteiger partial charge in [-0.2, -0.15) is 5.10 Å². The largest absolute Gasteiger partial charge is 0.326 e. The molecule has 0 spiro atoms. The van der Waals surface area contributed by atoms with Crippen molar-refractivity contribution in [2.75, 3.05) is 11.9 Å². The average molecular weight is 323 g/mol. The molecule has 9 heteroatoms. The van der Waals surface area contributed by atoms with Crippen LogP contribution in [0.1, 0.15) is 19.9 Å². The summed E-state index contributed by atoms with van der Waals surface area (Å²) in [5.74, 6) is -0.213. The number of carbonyl (C=O) groups excluding carboxylic acids is 1. The first-order valence-electron chi connectivity index (χ1n) is 6.60. The van der Waals surface area contributed by atoms with E-state index in [0.29, 0.717) is 5.69 Å². The van der Waals surface area contributed by atoms with E-state index in [1.54, 1.807) is 4.68 Å². The molecule has 0 unspecified atom stereocenters. The molecular formula is C13H17N5O3S. The molecule has 1 heterocycles. The molecule has 2 rings (SSSR count). The Bertz CT molecular complexity index is 726. The molecule has 1 aromatic carbocycles. The molecule has 0 aliphatic heterocycles. The van der Waals surface area contributed by atoms with Gasteiger partial charge in [0.25, 0.3) is 0 Å². The van der Waals surface area contributed by atoms with Gasteiger partial charge in [-0.05, 0) is 31.2 Å². The Kier molecular flexibility index (Phi) is 4.88. The second-order valence-electron chi connectivity index (χ2n) is 4.78. The van der Waals surface area contributed by atoms with E-state index in [2.05, 4.69) is 20.1 Å². The maximum absolute atomic E-state index is 12.2. The van der Waals surface area contributed by atoms with Crippen molar-refractivity contribution < 1.29 is 13.2 Å². The minimum atomic E-state index is -3.62. The smallest absolute Gasteiger partial charge is 0.240 e. The minimum absolute atomic E-state index is 0.132. The van der Waals surface area contributed by atoms with Crippen molar-refractivity contribution in [2.45, 2.75) is 24.8 Å². The first-order valence-corrected chi connectivity index (χ1v) is 8.08. The molecule has 0 fully saturated rings. The summed E-state index contributed by atoms with van der Waals surface area (Å²) in [4.78, 5) is 14.9. The Morgan fingerprint density at radius 1 is 1.32 bits per heavy atom. The molecule has 8 nitrogen and oxygen atoms in total. The van der Waals surface area contributed by atoms with Crippen LogP contribution in [0.25, 0.3) is 0 Å². The van der Waals surface area contributed by atoms with E-state index in [9.17, 15) is 13.2 Å². The number of carbonyl (C=O) groups is 1. The molecule has 0 aliphatic rings. The minimum Gasteiger partial charge on any atom is -0.326 e. The quantitative estimate of drug-likeness (QED) is 0.817. The highest BCUT2D eigenvalue weighted by molar-refractivity contribution is 7.89. The summed E-state index contributed by atoms with van der Waals surface area (Å²) in [6, 6.07) is 5.80. The lowest BCUT2D eigenvalue weighted by Gasteiger charge is -2.13. The Morgan fingerprint density at radius 2 is 2.00 bits per heavy atom. The standard InChI is InChI=1S/C13H17N5O3S/c1-10(18-9-14-8-15-18)7-16-22(20,21)13-5-3-12(4-6-13)17-11(2)19/h3-6,8-10,16H,7H2,1-2H3,(H,17,19)/t10-/m0/s1. The molecule has 1 amide bonds. The first-order chi connectivity index (χ1) is 10.4. The van der Waals surface area contributed by atoms with Crippen LogP contribution in [0.5, 0.6) is 0 Å². The SMILES string of the molecule is CC(=O)Nc1ccc(S(=O)(=O)NC[C@H](C)n2cncn2)cc1. The summed E-state index contributed by atoms with van der Waals surface area (Å²) in [5, 5.41) is 6.54. The maximum atomic E-state index is 12.2. The second-order valence-corrected chi connectivity index (χ2v) is 6.55. The number of rotatable bonds is 6. The summed E-state index contributed by atoms with van der Waals surface area (Å²) in [5.41, 5.74) is 0.544. The van der Waals surface area contributed by atoms with E-state index < -0.39 is 10.0 Å². The highest BCUT2D eigenvalue weighted by atomic mass is 32.2. The van der Waals surface area contributed by atoms with Gasteiger partial charge in [-0.3, -0.25) is 4.79 Å². The van der Waals surface area contributed by atoms with Gasteiger partial charge >= 0.3 is 0 Å². The van der Waals surface area contributed by atoms with Crippen LogP contribution in [0.3, 0.4) is 0 Å². The van der Waals surface area contributed by atoms with Crippen LogP contribution < -0.4 is 10.0 Å². The highest BCUT2D eigenvalue weighted by Crippen LogP contribution is 2.14. The number of hydrogen-bond donors (Lipinski definition) is 2. The molecule has 0 saturated carbocycles. The summed E-state index contributed by atoms with van der Waals surface area (Å²) in [6.45, 7) is 3.41. The summed E-state index contributed by atoms with van der Waals surface area (Å²) >= 11 is 0. The van der Waals surface area contributed by atoms with Gasteiger partial charge in [0.15, 0.2) is 0 Å². The number of sulfonamides is 1. The zero-order valence-corrected chi connectivity index (χ0v) is 13.0. The number of amides is 1. The molecule has 2 aromatic rings. The monoisotopic (exact) mass is 323 g/mol. The van der Waals surface area contributed by atoms with Crippen LogP contribution in [0, 0.1) is 0 Å². The third-order valence-electron chi connectivity index (χ3n) is 2.94. The lowest BCUT2D eigenvalue weighted by atomic mass is 10.3. The van der Waals surface area contributed by atoms with E-state index in [0.717, 1.165) is 0 Å². The molecule has 0 saturated heterocycles. The molecule has 0 bridgehead atoms. The zero-order valence-electron chi connectivity index (χ0n) is 12.2. The Balaban J connectivity index is 2.02. The maximum Gasteiger partial charge on any atom is 0.240 e. The fourth-order valence-electron chi connectivity index (χ4n) is 1.77. The van der Waals surface area contributed by atoms with Crippen molar-refractivity contribution in [3.05, 3.63) is 36.9 Å². The predicted molar refractivity (Wildman–Crippen MR) is 80.7 cm³/mol. The third-order valence-corrected chi connectivity index (χ3v) is 4.38. The van der Waals surface area contributed by atoms with Gasteiger partial charge in [-0.15, -0.1) is 0 Å². The number of anilines is 1. The zero-order chi connectivity index (χ0) is 16.2. The lowest BCUT2D eigenvalue weighted by Crippen LogP contribution is -2.29. The topological polar surface area (TPSA) is 106 Å². The summed E-state index contributed by atoms with van der Waals surface area (Å²) < 4.78 is 28.5. The fraction of sp³-hybridized carbons (Fsp3) is 0.308. The normalized spacial score (nSPS) is 12.8. The van der Waals surface area contributed by atoms with Crippen LogP contribution in [-0.2, 0) is 14.8 Å². The number of nitrogens with one attached hydrogen (secondary N) is 2. The van der Waals surface area contributed by atoms with Crippen LogP contribution in [-0.4, -0.2) is 35.6 Å². The average Bonchev–Trinajstić information content (AvgIpc) is 2.99. The van der Waals surface area contributed by atoms with Crippen molar-refractivity contribution >= 4 is 21.6 Å². The van der Waals surface area contributed by atoms with Crippen molar-refractivity contribution in [3.63, 3.8) is 0 Å². The number of hydrogen-bond acceptors (Lipinski definition) is 5. The molecule has 1 atom stereocenters. The lowest BCUT2D eigenvalue weighted by molar-refractivity contribution is -0.114. The molecule has 22 heavy (non-hydrogen) atoms. The Hall–Kier alpha value is -2.26. The number of aromatic nitrogens is 3. The molecule has 2 N–H and O–H groups in total. The highest BCUT2D eigenvalue weighted by Gasteiger charge is 2.16. The van der Waals surface area contributed by atoms with Crippen molar-refractivity contribution in [1.29, 1.82) is 0 Å². The van der Waals surface area contributed by atoms with Gasteiger partial charge in [-0.25, -0.2) is 22.8 Å². The van der Waals surface area contributed by atoms with Crippen LogP contribution in [0.15, 0.2) is 41.8 Å². The van der Waals surface area contributed by atoms with Gasteiger partial charge in [0.2, 0.25) is 15.9 Å². The number of nitrogens with zero attached hydrogens (tertiary/aromatic N) is 3. The van der Waals surface area contributed by atoms with Crippen LogP contribution in [0.2, 0.25) is 0 Å². The third kappa shape index (κ3) is 4.12. The van der Waals surface area contributed by atoms with E-state index in [1.807, 2.05) is 6.92 Å². The Morgan fingerprint density at radius 3 is 2.55 bits per heavy atom.